The highest BCUT2D eigenvalue weighted by molar-refractivity contribution is 6.31. The van der Waals surface area contributed by atoms with Crippen molar-refractivity contribution in [2.45, 2.75) is 59.0 Å². The number of pyridine rings is 1. The van der Waals surface area contributed by atoms with Crippen LogP contribution in [0.15, 0.2) is 59.7 Å². The molecular formula is C34H32Cl2N4O10. The first-order chi connectivity index (χ1) is 23.7. The topological polar surface area (TPSA) is 193 Å². The third kappa shape index (κ3) is 11.6. The molecule has 2 aromatic carbocycles. The van der Waals surface area contributed by atoms with Crippen molar-refractivity contribution < 1.29 is 47.7 Å². The highest BCUT2D eigenvalue weighted by Crippen LogP contribution is 2.33. The number of ether oxygens (including phenoxy) is 5. The van der Waals surface area contributed by atoms with Crippen LogP contribution in [-0.2, 0) is 47.7 Å². The summed E-state index contributed by atoms with van der Waals surface area (Å²) in [6.45, 7) is 4.66. The molecule has 1 aromatic heterocycles. The number of carbonyl (C=O) groups is 5. The van der Waals surface area contributed by atoms with Crippen LogP contribution in [0.2, 0.25) is 10.0 Å². The minimum Gasteiger partial charge on any atom is -0.462 e. The molecule has 0 saturated heterocycles. The van der Waals surface area contributed by atoms with E-state index in [0.717, 1.165) is 40.8 Å². The molecule has 14 nitrogen and oxygen atoms in total. The molecule has 3 rings (SSSR count). The van der Waals surface area contributed by atoms with Gasteiger partial charge in [-0.05, 0) is 35.9 Å². The van der Waals surface area contributed by atoms with Crippen LogP contribution in [0.25, 0.3) is 22.4 Å². The minimum atomic E-state index is -1.70. The number of hydrazone groups is 1. The van der Waals surface area contributed by atoms with Gasteiger partial charge in [0.2, 0.25) is 0 Å². The molecule has 0 aliphatic heterocycles. The lowest BCUT2D eigenvalue weighted by Gasteiger charge is -2.34. The Kier molecular flexibility index (Phi) is 14.2. The van der Waals surface area contributed by atoms with Crippen LogP contribution in [0.1, 0.15) is 40.2 Å². The first-order valence-electron chi connectivity index (χ1n) is 14.8. The summed E-state index contributed by atoms with van der Waals surface area (Å²) in [6, 6.07) is 17.4. The standard InChI is InChI=1S/C34H32Cl2N4O10/c1-18(41)46-17-31(48-20(3)43)33(50-22(5)45)32(49-21(4)44)30(47-19(2)42)16-38-40-34-28(15-37)27(23-6-10-25(35)11-7-23)14-29(39-34)24-8-12-26(36)13-9-24/h6-14,16,30-33H,17H2,1-5H3,(H,39,40)/b38-16+/t30-,31+,32+,33+/m0/s1. The second-order valence-electron chi connectivity index (χ2n) is 10.5. The monoisotopic (exact) mass is 726 g/mol. The maximum absolute atomic E-state index is 12.3. The molecule has 1 N–H and O–H groups in total. The maximum atomic E-state index is 12.3. The number of benzene rings is 2. The summed E-state index contributed by atoms with van der Waals surface area (Å²) in [5, 5.41) is 15.4. The molecule has 3 aromatic rings. The van der Waals surface area contributed by atoms with E-state index in [9.17, 15) is 29.2 Å². The lowest BCUT2D eigenvalue weighted by molar-refractivity contribution is -0.197. The van der Waals surface area contributed by atoms with Crippen molar-refractivity contribution in [1.29, 1.82) is 5.26 Å². The zero-order valence-corrected chi connectivity index (χ0v) is 29.0. The number of esters is 5. The van der Waals surface area contributed by atoms with Crippen molar-refractivity contribution in [2.75, 3.05) is 12.0 Å². The number of hydrogen-bond donors (Lipinski definition) is 1. The second-order valence-corrected chi connectivity index (χ2v) is 11.3. The van der Waals surface area contributed by atoms with Crippen LogP contribution in [0.5, 0.6) is 0 Å². The summed E-state index contributed by atoms with van der Waals surface area (Å²) in [5.41, 5.74) is 4.97. The Balaban J connectivity index is 2.15. The maximum Gasteiger partial charge on any atom is 0.303 e. The Bertz CT molecular complexity index is 1790. The Labute approximate surface area is 297 Å². The molecule has 0 aliphatic carbocycles. The predicted octanol–water partition coefficient (Wildman–Crippen LogP) is 5.28. The number of rotatable bonds is 14. The number of hydrogen-bond acceptors (Lipinski definition) is 14. The van der Waals surface area contributed by atoms with Crippen molar-refractivity contribution in [2.24, 2.45) is 5.10 Å². The van der Waals surface area contributed by atoms with Gasteiger partial charge in [0.25, 0.3) is 0 Å². The molecule has 0 amide bonds. The van der Waals surface area contributed by atoms with Crippen LogP contribution in [0, 0.1) is 11.3 Å². The number of anilines is 1. The van der Waals surface area contributed by atoms with Crippen molar-refractivity contribution >= 4 is 65.1 Å². The van der Waals surface area contributed by atoms with E-state index in [1.807, 2.05) is 0 Å². The molecule has 0 saturated carbocycles. The van der Waals surface area contributed by atoms with Crippen molar-refractivity contribution in [3.63, 3.8) is 0 Å². The Morgan fingerprint density at radius 2 is 1.30 bits per heavy atom. The van der Waals surface area contributed by atoms with Crippen molar-refractivity contribution in [3.8, 4) is 28.5 Å². The van der Waals surface area contributed by atoms with E-state index in [1.165, 1.54) is 0 Å². The Morgan fingerprint density at radius 1 is 0.780 bits per heavy atom. The third-order valence-corrected chi connectivity index (χ3v) is 7.01. The summed E-state index contributed by atoms with van der Waals surface area (Å²) in [4.78, 5) is 64.9. The van der Waals surface area contributed by atoms with E-state index >= 15 is 0 Å². The SMILES string of the molecule is CC(=O)OC[C@@H](OC(C)=O)[C@@H](OC(C)=O)[C@H](OC(C)=O)[C@H](/C=N/Nc1nc(-c2ccc(Cl)cc2)cc(-c2ccc(Cl)cc2)c1C#N)OC(C)=O. The second kappa shape index (κ2) is 18.3. The van der Waals surface area contributed by atoms with Gasteiger partial charge in [-0.25, -0.2) is 4.98 Å². The van der Waals surface area contributed by atoms with Crippen molar-refractivity contribution in [1.82, 2.24) is 4.98 Å². The molecule has 0 spiro atoms. The van der Waals surface area contributed by atoms with Crippen molar-refractivity contribution in [3.05, 3.63) is 70.2 Å². The Hall–Kier alpha value is -5.52. The summed E-state index contributed by atoms with van der Waals surface area (Å²) < 4.78 is 26.5. The zero-order valence-electron chi connectivity index (χ0n) is 27.5. The van der Waals surface area contributed by atoms with E-state index in [4.69, 9.17) is 46.9 Å². The molecule has 0 fully saturated rings. The summed E-state index contributed by atoms with van der Waals surface area (Å²) in [7, 11) is 0. The fourth-order valence-corrected chi connectivity index (χ4v) is 4.83. The number of aromatic nitrogens is 1. The summed E-state index contributed by atoms with van der Waals surface area (Å²) >= 11 is 12.2. The van der Waals surface area contributed by atoms with E-state index in [1.54, 1.807) is 54.6 Å². The fourth-order valence-electron chi connectivity index (χ4n) is 4.58. The van der Waals surface area contributed by atoms with E-state index < -0.39 is 60.9 Å². The van der Waals surface area contributed by atoms with E-state index in [-0.39, 0.29) is 11.4 Å². The molecule has 1 heterocycles. The molecule has 4 atom stereocenters. The molecule has 16 heteroatoms. The van der Waals surface area contributed by atoms with Crippen LogP contribution in [0.4, 0.5) is 5.82 Å². The number of halogens is 2. The van der Waals surface area contributed by atoms with Crippen LogP contribution in [0.3, 0.4) is 0 Å². The number of nitriles is 1. The van der Waals surface area contributed by atoms with E-state index in [0.29, 0.717) is 32.4 Å². The first-order valence-corrected chi connectivity index (χ1v) is 15.5. The molecule has 262 valence electrons. The van der Waals surface area contributed by atoms with Gasteiger partial charge in [0.05, 0.1) is 11.9 Å². The van der Waals surface area contributed by atoms with Gasteiger partial charge in [0.15, 0.2) is 30.2 Å². The lowest BCUT2D eigenvalue weighted by Crippen LogP contribution is -2.53. The average molecular weight is 728 g/mol. The molecule has 0 bridgehead atoms. The number of nitrogens with one attached hydrogen (secondary N) is 1. The third-order valence-electron chi connectivity index (χ3n) is 6.51. The van der Waals surface area contributed by atoms with Gasteiger partial charge < -0.3 is 23.7 Å². The van der Waals surface area contributed by atoms with Gasteiger partial charge in [-0.1, -0.05) is 47.5 Å². The molecule has 0 unspecified atom stereocenters. The molecular weight excluding hydrogens is 695 g/mol. The summed E-state index contributed by atoms with van der Waals surface area (Å²) in [6.07, 6.45) is -5.49. The predicted molar refractivity (Wildman–Crippen MR) is 181 cm³/mol. The van der Waals surface area contributed by atoms with Crippen LogP contribution in [-0.4, -0.2) is 72.1 Å². The summed E-state index contributed by atoms with van der Waals surface area (Å²) in [5.74, 6) is -4.30. The van der Waals surface area contributed by atoms with Gasteiger partial charge in [-0.15, -0.1) is 0 Å². The normalized spacial score (nSPS) is 13.2. The van der Waals surface area contributed by atoms with Gasteiger partial charge >= 0.3 is 29.8 Å². The number of nitrogens with zero attached hydrogens (tertiary/aromatic N) is 3. The molecule has 50 heavy (non-hydrogen) atoms. The number of carbonyl (C=O) groups excluding carboxylic acids is 5. The largest absolute Gasteiger partial charge is 0.462 e. The quantitative estimate of drug-likeness (QED) is 0.0977. The van der Waals surface area contributed by atoms with Gasteiger partial charge in [-0.2, -0.15) is 10.4 Å². The highest BCUT2D eigenvalue weighted by Gasteiger charge is 2.43. The smallest absolute Gasteiger partial charge is 0.303 e. The lowest BCUT2D eigenvalue weighted by atomic mass is 9.98. The Morgan fingerprint density at radius 3 is 1.80 bits per heavy atom. The van der Waals surface area contributed by atoms with Gasteiger partial charge in [-0.3, -0.25) is 29.4 Å². The molecule has 0 aliphatic rings. The minimum absolute atomic E-state index is 0.0176. The average Bonchev–Trinajstić information content (AvgIpc) is 3.04. The fraction of sp³-hybridized carbons (Fsp3) is 0.294. The van der Waals surface area contributed by atoms with Crippen LogP contribution >= 0.6 is 23.2 Å². The molecule has 0 radical (unpaired) electrons. The first kappa shape index (κ1) is 38.9. The van der Waals surface area contributed by atoms with E-state index in [2.05, 4.69) is 21.6 Å². The van der Waals surface area contributed by atoms with Crippen LogP contribution < -0.4 is 5.43 Å². The highest BCUT2D eigenvalue weighted by atomic mass is 35.5. The van der Waals surface area contributed by atoms with Gasteiger partial charge in [0.1, 0.15) is 18.2 Å². The zero-order chi connectivity index (χ0) is 37.0. The van der Waals surface area contributed by atoms with Gasteiger partial charge in [0, 0.05) is 55.8 Å².